The molecule has 1 aliphatic heterocycles. The highest BCUT2D eigenvalue weighted by Crippen LogP contribution is 2.62. The third-order valence-electron chi connectivity index (χ3n) is 13.2. The summed E-state index contributed by atoms with van der Waals surface area (Å²) in [5.74, 6) is -1.87. The summed E-state index contributed by atoms with van der Waals surface area (Å²) >= 11 is -1.37. The minimum atomic E-state index is -5.55. The molecule has 1 aromatic carbocycles. The topological polar surface area (TPSA) is 76.1 Å². The lowest BCUT2D eigenvalue weighted by Gasteiger charge is -2.53. The summed E-state index contributed by atoms with van der Waals surface area (Å²) in [4.78, 5) is 17.2. The molecule has 3 aliphatic carbocycles. The summed E-state index contributed by atoms with van der Waals surface area (Å²) in [6.07, 6.45) is 7.21. The van der Waals surface area contributed by atoms with Crippen LogP contribution in [0.2, 0.25) is 0 Å². The van der Waals surface area contributed by atoms with Crippen LogP contribution in [0.1, 0.15) is 127 Å². The van der Waals surface area contributed by atoms with Gasteiger partial charge in [0, 0.05) is 25.6 Å². The molecule has 4 aliphatic rings. The minimum Gasteiger partial charge on any atom is -0.616 e. The van der Waals surface area contributed by atoms with Gasteiger partial charge in [0.1, 0.15) is 17.3 Å². The normalized spacial score (nSPS) is 28.8. The van der Waals surface area contributed by atoms with Crippen molar-refractivity contribution >= 4 is 17.3 Å². The maximum atomic E-state index is 13.1. The number of fused-ring (bicyclic) bond motifs is 5. The summed E-state index contributed by atoms with van der Waals surface area (Å²) in [6, 6.07) is 6.80. The lowest BCUT2D eigenvalue weighted by Crippen LogP contribution is -2.47. The van der Waals surface area contributed by atoms with Crippen molar-refractivity contribution < 1.29 is 41.1 Å². The summed E-state index contributed by atoms with van der Waals surface area (Å²) in [5.41, 5.74) is 2.68. The SMILES string of the molecule is CN(C)C1CCN(C(=O)Oc2ccc3c(c2)CC(CCCCCCCCC[S+]([O-])CCCC(F)(F)C(F)(F)F)C2C3CCC3(C)C(O)CCC23)CC1. The van der Waals surface area contributed by atoms with Crippen LogP contribution in [0.15, 0.2) is 18.2 Å². The number of halogens is 5. The summed E-state index contributed by atoms with van der Waals surface area (Å²) in [7, 11) is 4.17. The molecule has 296 valence electrons. The number of alkyl halides is 5. The Hall–Kier alpha value is -1.63. The van der Waals surface area contributed by atoms with Crippen LogP contribution in [0.4, 0.5) is 26.7 Å². The van der Waals surface area contributed by atoms with E-state index in [4.69, 9.17) is 4.74 Å². The number of amides is 1. The molecule has 7 unspecified atom stereocenters. The first kappa shape index (κ1) is 41.5. The predicted molar refractivity (Wildman–Crippen MR) is 195 cm³/mol. The summed E-state index contributed by atoms with van der Waals surface area (Å²) in [6.45, 7) is 3.71. The number of unbranched alkanes of at least 4 members (excludes halogenated alkanes) is 6. The molecule has 6 nitrogen and oxygen atoms in total. The van der Waals surface area contributed by atoms with Crippen LogP contribution in [0, 0.1) is 23.2 Å². The van der Waals surface area contributed by atoms with E-state index in [-0.39, 0.29) is 23.4 Å². The fraction of sp³-hybridized carbons (Fsp3) is 0.825. The van der Waals surface area contributed by atoms with E-state index in [0.29, 0.717) is 60.7 Å². The third-order valence-corrected chi connectivity index (χ3v) is 14.7. The van der Waals surface area contributed by atoms with Crippen LogP contribution in [-0.4, -0.2) is 88.5 Å². The molecule has 1 N–H and O–H groups in total. The first-order chi connectivity index (χ1) is 24.6. The van der Waals surface area contributed by atoms with E-state index in [1.54, 1.807) is 0 Å². The minimum absolute atomic E-state index is 0.0236. The molecule has 52 heavy (non-hydrogen) atoms. The van der Waals surface area contributed by atoms with Gasteiger partial charge in [-0.15, -0.1) is 0 Å². The van der Waals surface area contributed by atoms with Gasteiger partial charge in [-0.25, -0.2) is 4.79 Å². The zero-order valence-electron chi connectivity index (χ0n) is 31.4. The number of aliphatic hydroxyl groups is 1. The van der Waals surface area contributed by atoms with Gasteiger partial charge in [-0.3, -0.25) is 0 Å². The van der Waals surface area contributed by atoms with Crippen LogP contribution in [-0.2, 0) is 17.6 Å². The van der Waals surface area contributed by atoms with Gasteiger partial charge in [-0.2, -0.15) is 22.0 Å². The molecular formula is C40H61F5N2O4S. The highest BCUT2D eigenvalue weighted by atomic mass is 32.2. The standard InChI is InChI=1S/C40H61F5N2O4S/c1-38-21-17-33-32-14-13-31(51-37(49)47-22-18-30(19-23-47)46(2)3)27-29(32)26-28(36(33)34(38)15-16-35(38)48)12-9-7-5-4-6-8-10-24-52(50)25-11-20-39(41,42)40(43,44)45/h13-14,27-28,30,33-36,48H,4-12,15-26H2,1-3H3. The van der Waals surface area contributed by atoms with Gasteiger partial charge in [0.2, 0.25) is 0 Å². The van der Waals surface area contributed by atoms with E-state index < -0.39 is 36.1 Å². The number of carbonyl (C=O) groups excluding carboxylic acids is 1. The quantitative estimate of drug-likeness (QED) is 0.103. The number of rotatable bonds is 16. The lowest BCUT2D eigenvalue weighted by atomic mass is 9.52. The Kier molecular flexibility index (Phi) is 14.3. The number of piperidine rings is 1. The Morgan fingerprint density at radius 3 is 2.29 bits per heavy atom. The van der Waals surface area contributed by atoms with E-state index in [9.17, 15) is 36.4 Å². The van der Waals surface area contributed by atoms with E-state index in [1.807, 2.05) is 11.0 Å². The smallest absolute Gasteiger partial charge is 0.453 e. The predicted octanol–water partition coefficient (Wildman–Crippen LogP) is 9.50. The number of ether oxygens (including phenoxy) is 1. The highest BCUT2D eigenvalue weighted by Gasteiger charge is 2.57. The molecule has 1 aromatic rings. The van der Waals surface area contributed by atoms with E-state index >= 15 is 0 Å². The summed E-state index contributed by atoms with van der Waals surface area (Å²) in [5, 5.41) is 11.0. The molecular weight excluding hydrogens is 700 g/mol. The van der Waals surface area contributed by atoms with Crippen molar-refractivity contribution in [2.75, 3.05) is 38.7 Å². The van der Waals surface area contributed by atoms with Gasteiger partial charge < -0.3 is 24.2 Å². The molecule has 3 fully saturated rings. The fourth-order valence-corrected chi connectivity index (χ4v) is 11.3. The lowest BCUT2D eigenvalue weighted by molar-refractivity contribution is -0.284. The molecule has 5 rings (SSSR count). The first-order valence-corrected chi connectivity index (χ1v) is 21.3. The second-order valence-corrected chi connectivity index (χ2v) is 18.4. The fourth-order valence-electron chi connectivity index (χ4n) is 10.1. The average molecular weight is 761 g/mol. The van der Waals surface area contributed by atoms with Gasteiger partial charge in [0.15, 0.2) is 0 Å². The molecule has 0 bridgehead atoms. The number of carbonyl (C=O) groups is 1. The zero-order valence-corrected chi connectivity index (χ0v) is 32.2. The van der Waals surface area contributed by atoms with Crippen molar-refractivity contribution in [2.24, 2.45) is 23.2 Å². The number of nitrogens with zero attached hydrogens (tertiary/aromatic N) is 2. The number of aliphatic hydroxyl groups excluding tert-OH is 1. The van der Waals surface area contributed by atoms with E-state index in [1.165, 1.54) is 11.1 Å². The zero-order chi connectivity index (χ0) is 37.7. The van der Waals surface area contributed by atoms with Gasteiger partial charge in [-0.1, -0.05) is 56.3 Å². The van der Waals surface area contributed by atoms with E-state index in [2.05, 4.69) is 38.1 Å². The Bertz CT molecular complexity index is 1310. The number of hydrogen-bond donors (Lipinski definition) is 1. The molecule has 0 spiro atoms. The van der Waals surface area contributed by atoms with Gasteiger partial charge in [0.05, 0.1) is 6.10 Å². The van der Waals surface area contributed by atoms with Crippen LogP contribution in [0.25, 0.3) is 0 Å². The number of hydrogen-bond acceptors (Lipinski definition) is 5. The van der Waals surface area contributed by atoms with Gasteiger partial charge in [0.25, 0.3) is 0 Å². The van der Waals surface area contributed by atoms with Crippen LogP contribution in [0.3, 0.4) is 0 Å². The molecule has 1 amide bonds. The molecule has 0 aromatic heterocycles. The largest absolute Gasteiger partial charge is 0.616 e. The summed E-state index contributed by atoms with van der Waals surface area (Å²) < 4.78 is 81.1. The monoisotopic (exact) mass is 760 g/mol. The Labute approximate surface area is 310 Å². The Morgan fingerprint density at radius 2 is 1.62 bits per heavy atom. The van der Waals surface area contributed by atoms with Crippen LogP contribution < -0.4 is 4.74 Å². The first-order valence-electron chi connectivity index (χ1n) is 19.8. The number of benzene rings is 1. The second-order valence-electron chi connectivity index (χ2n) is 16.7. The van der Waals surface area contributed by atoms with Crippen molar-refractivity contribution in [1.82, 2.24) is 9.80 Å². The van der Waals surface area contributed by atoms with Crippen molar-refractivity contribution in [3.8, 4) is 5.75 Å². The average Bonchev–Trinajstić information content (AvgIpc) is 3.40. The maximum Gasteiger partial charge on any atom is 0.453 e. The number of likely N-dealkylation sites (tertiary alicyclic amines) is 1. The van der Waals surface area contributed by atoms with Crippen molar-refractivity contribution in [2.45, 2.75) is 146 Å². The molecule has 0 radical (unpaired) electrons. The Morgan fingerprint density at radius 1 is 0.962 bits per heavy atom. The van der Waals surface area contributed by atoms with Crippen molar-refractivity contribution in [1.29, 1.82) is 0 Å². The van der Waals surface area contributed by atoms with Crippen LogP contribution >= 0.6 is 0 Å². The van der Waals surface area contributed by atoms with Crippen LogP contribution in [0.5, 0.6) is 5.75 Å². The second kappa shape index (κ2) is 17.9. The Balaban J connectivity index is 1.08. The molecule has 12 heteroatoms. The van der Waals surface area contributed by atoms with Gasteiger partial charge in [-0.05, 0) is 137 Å². The van der Waals surface area contributed by atoms with Crippen molar-refractivity contribution in [3.63, 3.8) is 0 Å². The van der Waals surface area contributed by atoms with E-state index in [0.717, 1.165) is 89.9 Å². The third kappa shape index (κ3) is 9.96. The molecule has 2 saturated carbocycles. The van der Waals surface area contributed by atoms with Gasteiger partial charge >= 0.3 is 18.2 Å². The molecule has 1 heterocycles. The van der Waals surface area contributed by atoms with Crippen molar-refractivity contribution in [3.05, 3.63) is 29.3 Å². The highest BCUT2D eigenvalue weighted by molar-refractivity contribution is 7.91. The molecule has 7 atom stereocenters. The molecule has 1 saturated heterocycles. The maximum absolute atomic E-state index is 13.1.